The van der Waals surface area contributed by atoms with Crippen molar-refractivity contribution in [2.75, 3.05) is 7.11 Å². The number of furan rings is 1. The normalized spacial score (nSPS) is 10.4. The first kappa shape index (κ1) is 11.4. The third-order valence-electron chi connectivity index (χ3n) is 2.23. The van der Waals surface area contributed by atoms with Gasteiger partial charge in [-0.1, -0.05) is 5.16 Å². The minimum Gasteiger partial charge on any atom is -0.463 e. The quantitative estimate of drug-likeness (QED) is 0.789. The fraction of sp³-hybridized carbons (Fsp3) is 0.273. The van der Waals surface area contributed by atoms with Crippen molar-refractivity contribution in [2.24, 2.45) is 0 Å². The molecule has 90 valence electrons. The van der Waals surface area contributed by atoms with E-state index in [1.54, 1.807) is 12.1 Å². The summed E-state index contributed by atoms with van der Waals surface area (Å²) in [6, 6.07) is 3.49. The monoisotopic (exact) mass is 236 g/mol. The maximum atomic E-state index is 11.3. The van der Waals surface area contributed by atoms with E-state index in [0.717, 1.165) is 11.3 Å². The average molecular weight is 236 g/mol. The first-order chi connectivity index (χ1) is 8.31. The van der Waals surface area contributed by atoms with Crippen molar-refractivity contribution >= 4 is 5.97 Å². The fourth-order valence-electron chi connectivity index (χ4n) is 1.40. The van der Waals surface area contributed by atoms with Crippen LogP contribution >= 0.6 is 0 Å². The Hall–Kier alpha value is -2.08. The number of aromatic nitrogens is 1. The molecule has 2 rings (SSSR count). The van der Waals surface area contributed by atoms with Crippen molar-refractivity contribution in [3.63, 3.8) is 0 Å². The van der Waals surface area contributed by atoms with E-state index in [0.29, 0.717) is 13.1 Å². The molecule has 0 aromatic carbocycles. The van der Waals surface area contributed by atoms with E-state index in [9.17, 15) is 4.79 Å². The van der Waals surface area contributed by atoms with E-state index in [4.69, 9.17) is 8.94 Å². The number of hydrogen-bond donors (Lipinski definition) is 1. The Kier molecular flexibility index (Phi) is 3.56. The van der Waals surface area contributed by atoms with Gasteiger partial charge in [0.15, 0.2) is 0 Å². The SMILES string of the molecule is COC(=O)c1occc1CNCc1ccon1. The zero-order valence-corrected chi connectivity index (χ0v) is 9.30. The highest BCUT2D eigenvalue weighted by Gasteiger charge is 2.15. The van der Waals surface area contributed by atoms with E-state index in [1.807, 2.05) is 0 Å². The Morgan fingerprint density at radius 3 is 3.00 bits per heavy atom. The highest BCUT2D eigenvalue weighted by Crippen LogP contribution is 2.11. The van der Waals surface area contributed by atoms with Crippen LogP contribution in [0.5, 0.6) is 0 Å². The number of carbonyl (C=O) groups excluding carboxylic acids is 1. The molecule has 2 heterocycles. The molecule has 0 spiro atoms. The lowest BCUT2D eigenvalue weighted by Crippen LogP contribution is -2.15. The molecule has 0 saturated heterocycles. The van der Waals surface area contributed by atoms with Crippen molar-refractivity contribution in [2.45, 2.75) is 13.1 Å². The third-order valence-corrected chi connectivity index (χ3v) is 2.23. The van der Waals surface area contributed by atoms with Crippen LogP contribution in [0.3, 0.4) is 0 Å². The predicted octanol–water partition coefficient (Wildman–Crippen LogP) is 1.34. The number of esters is 1. The summed E-state index contributed by atoms with van der Waals surface area (Å²) in [5.74, 6) is -0.256. The lowest BCUT2D eigenvalue weighted by molar-refractivity contribution is 0.0563. The number of carbonyl (C=O) groups is 1. The topological polar surface area (TPSA) is 77.5 Å². The number of ether oxygens (including phenoxy) is 1. The number of methoxy groups -OCH3 is 1. The summed E-state index contributed by atoms with van der Waals surface area (Å²) in [4.78, 5) is 11.3. The Morgan fingerprint density at radius 1 is 1.41 bits per heavy atom. The molecule has 2 aromatic rings. The standard InChI is InChI=1S/C11H12N2O4/c1-15-11(14)10-8(2-4-16-10)6-12-7-9-3-5-17-13-9/h2-5,12H,6-7H2,1H3. The molecule has 0 bridgehead atoms. The van der Waals surface area contributed by atoms with Crippen molar-refractivity contribution in [1.82, 2.24) is 10.5 Å². The molecule has 0 aliphatic rings. The van der Waals surface area contributed by atoms with Crippen LogP contribution in [0, 0.1) is 0 Å². The maximum absolute atomic E-state index is 11.3. The van der Waals surface area contributed by atoms with Gasteiger partial charge >= 0.3 is 5.97 Å². The lowest BCUT2D eigenvalue weighted by atomic mass is 10.2. The third kappa shape index (κ3) is 2.73. The van der Waals surface area contributed by atoms with Crippen molar-refractivity contribution in [3.8, 4) is 0 Å². The minimum atomic E-state index is -0.478. The van der Waals surface area contributed by atoms with Gasteiger partial charge in [0.05, 0.1) is 19.1 Å². The van der Waals surface area contributed by atoms with Gasteiger partial charge in [0.1, 0.15) is 6.26 Å². The van der Waals surface area contributed by atoms with Crippen LogP contribution in [0.1, 0.15) is 21.8 Å². The van der Waals surface area contributed by atoms with E-state index < -0.39 is 5.97 Å². The smallest absolute Gasteiger partial charge is 0.374 e. The largest absolute Gasteiger partial charge is 0.463 e. The van der Waals surface area contributed by atoms with Crippen LogP contribution in [0.15, 0.2) is 33.6 Å². The minimum absolute atomic E-state index is 0.222. The van der Waals surface area contributed by atoms with Crippen LogP contribution < -0.4 is 5.32 Å². The second-order valence-corrected chi connectivity index (χ2v) is 3.36. The summed E-state index contributed by atoms with van der Waals surface area (Å²) in [7, 11) is 1.32. The Labute approximate surface area is 97.5 Å². The first-order valence-corrected chi connectivity index (χ1v) is 5.06. The molecule has 0 fully saturated rings. The van der Waals surface area contributed by atoms with Gasteiger partial charge in [0.2, 0.25) is 5.76 Å². The molecule has 0 saturated carbocycles. The summed E-state index contributed by atoms with van der Waals surface area (Å²) in [5, 5.41) is 6.88. The zero-order valence-electron chi connectivity index (χ0n) is 9.30. The van der Waals surface area contributed by atoms with Crippen LogP contribution in [0.4, 0.5) is 0 Å². The molecule has 1 N–H and O–H groups in total. The lowest BCUT2D eigenvalue weighted by Gasteiger charge is -2.02. The van der Waals surface area contributed by atoms with Crippen molar-refractivity contribution in [1.29, 1.82) is 0 Å². The Morgan fingerprint density at radius 2 is 2.29 bits per heavy atom. The summed E-state index contributed by atoms with van der Waals surface area (Å²) in [5.41, 5.74) is 1.55. The van der Waals surface area contributed by atoms with Gasteiger partial charge in [-0.25, -0.2) is 4.79 Å². The fourth-order valence-corrected chi connectivity index (χ4v) is 1.40. The second kappa shape index (κ2) is 5.31. The maximum Gasteiger partial charge on any atom is 0.374 e. The molecular weight excluding hydrogens is 224 g/mol. The van der Waals surface area contributed by atoms with Gasteiger partial charge in [-0.2, -0.15) is 0 Å². The molecular formula is C11H12N2O4. The van der Waals surface area contributed by atoms with E-state index in [-0.39, 0.29) is 5.76 Å². The summed E-state index contributed by atoms with van der Waals surface area (Å²) >= 11 is 0. The van der Waals surface area contributed by atoms with Crippen LogP contribution in [0.2, 0.25) is 0 Å². The Bertz CT molecular complexity index is 475. The van der Waals surface area contributed by atoms with E-state index in [1.165, 1.54) is 19.6 Å². The van der Waals surface area contributed by atoms with Gasteiger partial charge < -0.3 is 19.0 Å². The second-order valence-electron chi connectivity index (χ2n) is 3.36. The molecule has 0 aliphatic heterocycles. The van der Waals surface area contributed by atoms with Crippen LogP contribution in [0.25, 0.3) is 0 Å². The van der Waals surface area contributed by atoms with Crippen LogP contribution in [-0.2, 0) is 17.8 Å². The first-order valence-electron chi connectivity index (χ1n) is 5.06. The van der Waals surface area contributed by atoms with Gasteiger partial charge in [-0.15, -0.1) is 0 Å². The van der Waals surface area contributed by atoms with Gasteiger partial charge in [-0.3, -0.25) is 0 Å². The van der Waals surface area contributed by atoms with E-state index in [2.05, 4.69) is 15.2 Å². The molecule has 0 unspecified atom stereocenters. The summed E-state index contributed by atoms with van der Waals surface area (Å²) in [6.45, 7) is 1.05. The number of nitrogens with zero attached hydrogens (tertiary/aromatic N) is 1. The van der Waals surface area contributed by atoms with Crippen molar-refractivity contribution in [3.05, 3.63) is 41.7 Å². The van der Waals surface area contributed by atoms with Gasteiger partial charge in [-0.05, 0) is 6.07 Å². The molecule has 0 radical (unpaired) electrons. The summed E-state index contributed by atoms with van der Waals surface area (Å²) in [6.07, 6.45) is 2.97. The Balaban J connectivity index is 1.91. The molecule has 2 aromatic heterocycles. The highest BCUT2D eigenvalue weighted by molar-refractivity contribution is 5.87. The molecule has 0 aliphatic carbocycles. The molecule has 0 atom stereocenters. The zero-order chi connectivity index (χ0) is 12.1. The molecule has 6 nitrogen and oxygen atoms in total. The van der Waals surface area contributed by atoms with Gasteiger partial charge in [0, 0.05) is 24.7 Å². The number of rotatable bonds is 5. The predicted molar refractivity (Wildman–Crippen MR) is 57.1 cm³/mol. The molecule has 17 heavy (non-hydrogen) atoms. The van der Waals surface area contributed by atoms with E-state index >= 15 is 0 Å². The molecule has 6 heteroatoms. The number of nitrogens with one attached hydrogen (secondary N) is 1. The number of hydrogen-bond acceptors (Lipinski definition) is 6. The average Bonchev–Trinajstić information content (AvgIpc) is 2.99. The molecule has 0 amide bonds. The highest BCUT2D eigenvalue weighted by atomic mass is 16.5. The summed E-state index contributed by atoms with van der Waals surface area (Å²) < 4.78 is 14.4. The van der Waals surface area contributed by atoms with Crippen molar-refractivity contribution < 1.29 is 18.5 Å². The van der Waals surface area contributed by atoms with Gasteiger partial charge in [0.25, 0.3) is 0 Å². The van der Waals surface area contributed by atoms with Crippen LogP contribution in [-0.4, -0.2) is 18.2 Å².